The second-order valence-electron chi connectivity index (χ2n) is 10.7. The van der Waals surface area contributed by atoms with Crippen LogP contribution in [-0.2, 0) is 30.7 Å². The molecule has 0 atom stereocenters. The highest BCUT2D eigenvalue weighted by Gasteiger charge is 2.34. The Labute approximate surface area is 260 Å². The lowest BCUT2D eigenvalue weighted by Crippen LogP contribution is -2.41. The number of carbonyl (C=O) groups is 2. The second kappa shape index (κ2) is 13.0. The van der Waals surface area contributed by atoms with Gasteiger partial charge in [-0.15, -0.1) is 0 Å². The number of amides is 2. The third kappa shape index (κ3) is 8.43. The highest BCUT2D eigenvalue weighted by molar-refractivity contribution is 6.07. The number of halogens is 8. The van der Waals surface area contributed by atoms with Crippen LogP contribution >= 0.6 is 0 Å². The molecular formula is C29H26F8N6O4. The molecule has 2 heterocycles. The summed E-state index contributed by atoms with van der Waals surface area (Å²) in [6.07, 6.45) is -12.4. The molecule has 4 N–H and O–H groups in total. The van der Waals surface area contributed by atoms with Gasteiger partial charge in [-0.2, -0.15) is 31.3 Å². The fraction of sp³-hybridized carbons (Fsp3) is 0.310. The Morgan fingerprint density at radius 2 is 1.62 bits per heavy atom. The molecule has 2 aromatic carbocycles. The van der Waals surface area contributed by atoms with Gasteiger partial charge in [0.15, 0.2) is 12.3 Å². The van der Waals surface area contributed by atoms with Crippen LogP contribution in [0.4, 0.5) is 52.4 Å². The van der Waals surface area contributed by atoms with E-state index >= 15 is 0 Å². The van der Waals surface area contributed by atoms with Crippen molar-refractivity contribution in [2.45, 2.75) is 44.8 Å². The zero-order chi connectivity index (χ0) is 34.9. The molecule has 252 valence electrons. The number of rotatable bonds is 10. The average Bonchev–Trinajstić information content (AvgIpc) is 3.26. The number of imidazole rings is 1. The van der Waals surface area contributed by atoms with Crippen molar-refractivity contribution < 1.29 is 54.6 Å². The van der Waals surface area contributed by atoms with Crippen LogP contribution in [0.25, 0.3) is 11.2 Å². The molecule has 10 nitrogen and oxygen atoms in total. The molecule has 47 heavy (non-hydrogen) atoms. The molecule has 0 unspecified atom stereocenters. The lowest BCUT2D eigenvalue weighted by atomic mass is 10.1. The number of ether oxygens (including phenoxy) is 1. The minimum Gasteiger partial charge on any atom is -0.471 e. The minimum atomic E-state index is -4.83. The van der Waals surface area contributed by atoms with Crippen molar-refractivity contribution >= 4 is 40.3 Å². The van der Waals surface area contributed by atoms with Gasteiger partial charge in [0.25, 0.3) is 18.2 Å². The number of aromatic nitrogens is 3. The van der Waals surface area contributed by atoms with Crippen LogP contribution < -0.4 is 20.7 Å². The Kier molecular flexibility index (Phi) is 9.65. The summed E-state index contributed by atoms with van der Waals surface area (Å²) >= 11 is 0. The summed E-state index contributed by atoms with van der Waals surface area (Å²) < 4.78 is 113. The van der Waals surface area contributed by atoms with Gasteiger partial charge >= 0.3 is 12.4 Å². The third-order valence-electron chi connectivity index (χ3n) is 6.52. The van der Waals surface area contributed by atoms with Gasteiger partial charge in [0.2, 0.25) is 11.8 Å². The monoisotopic (exact) mass is 674 g/mol. The number of anilines is 3. The minimum absolute atomic E-state index is 0.0791. The van der Waals surface area contributed by atoms with Crippen molar-refractivity contribution in [2.75, 3.05) is 17.2 Å². The molecule has 0 saturated heterocycles. The van der Waals surface area contributed by atoms with Crippen LogP contribution in [0.15, 0.2) is 48.5 Å². The van der Waals surface area contributed by atoms with E-state index in [1.807, 2.05) is 0 Å². The van der Waals surface area contributed by atoms with Gasteiger partial charge in [0.1, 0.15) is 16.7 Å². The Hall–Kier alpha value is -5.00. The number of aryl methyl sites for hydroxylation is 1. The molecule has 0 spiro atoms. The number of hydrogen-bond donors (Lipinski definition) is 4. The summed E-state index contributed by atoms with van der Waals surface area (Å²) in [5, 5.41) is 17.1. The number of carbonyl (C=O) groups excluding carboxylic acids is 2. The Morgan fingerprint density at radius 3 is 2.19 bits per heavy atom. The maximum absolute atomic E-state index is 13.9. The molecule has 4 aromatic rings. The number of aliphatic hydroxyl groups is 1. The van der Waals surface area contributed by atoms with Crippen molar-refractivity contribution in [3.8, 4) is 5.88 Å². The molecule has 0 bridgehead atoms. The van der Waals surface area contributed by atoms with Gasteiger partial charge < -0.3 is 25.8 Å². The Balaban J connectivity index is 1.70. The molecule has 0 aliphatic heterocycles. The van der Waals surface area contributed by atoms with Gasteiger partial charge in [-0.1, -0.05) is 6.07 Å². The molecule has 0 aliphatic rings. The summed E-state index contributed by atoms with van der Waals surface area (Å²) in [5.41, 5.74) is -4.78. The number of fused-ring (bicyclic) bond motifs is 1. The molecule has 0 aliphatic carbocycles. The van der Waals surface area contributed by atoms with Gasteiger partial charge in [-0.3, -0.25) is 14.2 Å². The quantitative estimate of drug-likeness (QED) is 0.151. The van der Waals surface area contributed by atoms with Crippen LogP contribution in [0.5, 0.6) is 5.88 Å². The smallest absolute Gasteiger partial charge is 0.418 e. The van der Waals surface area contributed by atoms with Crippen LogP contribution in [0.2, 0.25) is 0 Å². The van der Waals surface area contributed by atoms with E-state index in [9.17, 15) is 49.8 Å². The zero-order valence-corrected chi connectivity index (χ0v) is 24.6. The predicted molar refractivity (Wildman–Crippen MR) is 152 cm³/mol. The number of alkyl halides is 8. The van der Waals surface area contributed by atoms with E-state index in [4.69, 9.17) is 4.74 Å². The third-order valence-corrected chi connectivity index (χ3v) is 6.52. The fourth-order valence-corrected chi connectivity index (χ4v) is 4.13. The van der Waals surface area contributed by atoms with E-state index in [0.717, 1.165) is 36.4 Å². The second-order valence-corrected chi connectivity index (χ2v) is 10.7. The number of hydrogen-bond acceptors (Lipinski definition) is 7. The molecule has 4 rings (SSSR count). The lowest BCUT2D eigenvalue weighted by Gasteiger charge is -2.18. The van der Waals surface area contributed by atoms with E-state index in [-0.39, 0.29) is 34.9 Å². The first-order valence-electron chi connectivity index (χ1n) is 13.5. The summed E-state index contributed by atoms with van der Waals surface area (Å²) in [5.74, 6) is -2.60. The van der Waals surface area contributed by atoms with Gasteiger partial charge in [-0.05, 0) is 61.9 Å². The Morgan fingerprint density at radius 1 is 0.957 bits per heavy atom. The van der Waals surface area contributed by atoms with Gasteiger partial charge in [0, 0.05) is 19.3 Å². The van der Waals surface area contributed by atoms with Crippen molar-refractivity contribution in [1.82, 2.24) is 19.9 Å². The van der Waals surface area contributed by atoms with Gasteiger partial charge in [-0.25, -0.2) is 13.8 Å². The molecule has 18 heteroatoms. The first-order chi connectivity index (χ1) is 21.7. The summed E-state index contributed by atoms with van der Waals surface area (Å²) in [7, 11) is 1.34. The van der Waals surface area contributed by atoms with Crippen LogP contribution in [-0.4, -0.2) is 50.1 Å². The molecule has 0 radical (unpaired) electrons. The van der Waals surface area contributed by atoms with Crippen molar-refractivity contribution in [3.05, 3.63) is 70.8 Å². The topological polar surface area (TPSA) is 130 Å². The first kappa shape index (κ1) is 34.9. The fourth-order valence-electron chi connectivity index (χ4n) is 4.13. The van der Waals surface area contributed by atoms with Crippen LogP contribution in [0, 0.1) is 0 Å². The van der Waals surface area contributed by atoms with Crippen molar-refractivity contribution in [1.29, 1.82) is 0 Å². The van der Waals surface area contributed by atoms with E-state index in [1.165, 1.54) is 25.5 Å². The highest BCUT2D eigenvalue weighted by atomic mass is 19.4. The number of pyridine rings is 1. The molecular weight excluding hydrogens is 648 g/mol. The summed E-state index contributed by atoms with van der Waals surface area (Å²) in [6, 6.07) is 7.44. The van der Waals surface area contributed by atoms with E-state index < -0.39 is 71.1 Å². The maximum Gasteiger partial charge on any atom is 0.418 e. The maximum atomic E-state index is 13.9. The zero-order valence-electron chi connectivity index (χ0n) is 24.6. The average molecular weight is 675 g/mol. The largest absolute Gasteiger partial charge is 0.471 e. The van der Waals surface area contributed by atoms with E-state index in [1.54, 1.807) is 0 Å². The molecule has 0 saturated carbocycles. The number of nitrogens with one attached hydrogen (secondary N) is 3. The molecule has 2 aromatic heterocycles. The number of nitrogens with zero attached hydrogens (tertiary/aromatic N) is 3. The SMILES string of the molecule is Cn1c(Nc2cc(CNC(=O)C(C)(C)O)ccc2C(F)(F)F)nc2cc(C(=O)Nc3ccc(C(F)(F)F)cc3)c(OCC(F)F)nc21. The van der Waals surface area contributed by atoms with Crippen molar-refractivity contribution in [3.63, 3.8) is 0 Å². The highest BCUT2D eigenvalue weighted by Crippen LogP contribution is 2.37. The van der Waals surface area contributed by atoms with Gasteiger partial charge in [0.05, 0.1) is 16.8 Å². The van der Waals surface area contributed by atoms with Crippen LogP contribution in [0.3, 0.4) is 0 Å². The number of benzene rings is 2. The Bertz CT molecular complexity index is 1780. The normalized spacial score (nSPS) is 12.4. The predicted octanol–water partition coefficient (Wildman–Crippen LogP) is 6.03. The lowest BCUT2D eigenvalue weighted by molar-refractivity contribution is -0.138. The molecule has 0 fully saturated rings. The first-order valence-corrected chi connectivity index (χ1v) is 13.5. The summed E-state index contributed by atoms with van der Waals surface area (Å²) in [6.45, 7) is 1.04. The standard InChI is InChI=1S/C29H26F8N6O4/c1-27(2,46)25(45)38-12-14-4-9-18(29(35,36)37)19(10-14)40-26-41-20-11-17(24(47-13-21(30)31)42-22(20)43(26)3)23(44)39-16-7-5-15(6-8-16)28(32,33)34/h4-11,21,46H,12-13H2,1-3H3,(H,38,45)(H,39,44)(H,40,41). The molecule has 2 amide bonds. The summed E-state index contributed by atoms with van der Waals surface area (Å²) in [4.78, 5) is 33.4. The van der Waals surface area contributed by atoms with E-state index in [0.29, 0.717) is 12.1 Å². The van der Waals surface area contributed by atoms with E-state index in [2.05, 4.69) is 25.9 Å². The van der Waals surface area contributed by atoms with Crippen molar-refractivity contribution in [2.24, 2.45) is 7.05 Å². The van der Waals surface area contributed by atoms with Crippen LogP contribution in [0.1, 0.15) is 40.9 Å².